The Morgan fingerprint density at radius 3 is 2.50 bits per heavy atom. The molecule has 0 saturated heterocycles. The van der Waals surface area contributed by atoms with E-state index >= 15 is 0 Å². The van der Waals surface area contributed by atoms with Crippen molar-refractivity contribution in [1.29, 1.82) is 0 Å². The van der Waals surface area contributed by atoms with Crippen molar-refractivity contribution in [1.82, 2.24) is 10.9 Å². The zero-order valence-electron chi connectivity index (χ0n) is 10.3. The number of hydrogen-bond acceptors (Lipinski definition) is 3. The van der Waals surface area contributed by atoms with Crippen molar-refractivity contribution < 1.29 is 14.0 Å². The molecule has 0 radical (unpaired) electrons. The highest BCUT2D eigenvalue weighted by Gasteiger charge is 2.05. The number of thiophene rings is 1. The molecule has 0 aliphatic carbocycles. The Hall–Kier alpha value is -2.47. The molecule has 0 spiro atoms. The van der Waals surface area contributed by atoms with E-state index in [1.165, 1.54) is 41.7 Å². The van der Waals surface area contributed by atoms with Gasteiger partial charge >= 0.3 is 0 Å². The molecule has 0 unspecified atom stereocenters. The molecule has 2 aromatic rings. The molecule has 0 aliphatic heterocycles. The summed E-state index contributed by atoms with van der Waals surface area (Å²) in [7, 11) is 0. The normalized spacial score (nSPS) is 10.4. The maximum absolute atomic E-state index is 12.7. The number of carbonyl (C=O) groups is 2. The number of hydrazine groups is 1. The standard InChI is InChI=1S/C14H11FN2O2S/c15-11-5-3-10(4-6-11)14(19)17-16-13(18)8-7-12-2-1-9-20-12/h1-9H,(H,16,18)(H,17,19)/b8-7+. The van der Waals surface area contributed by atoms with E-state index in [0.29, 0.717) is 0 Å². The first-order valence-corrected chi connectivity index (χ1v) is 6.60. The summed E-state index contributed by atoms with van der Waals surface area (Å²) >= 11 is 1.50. The van der Waals surface area contributed by atoms with Gasteiger partial charge in [-0.05, 0) is 41.8 Å². The van der Waals surface area contributed by atoms with E-state index in [9.17, 15) is 14.0 Å². The van der Waals surface area contributed by atoms with E-state index in [1.807, 2.05) is 17.5 Å². The summed E-state index contributed by atoms with van der Waals surface area (Å²) in [5.74, 6) is -1.39. The van der Waals surface area contributed by atoms with Gasteiger partial charge in [-0.1, -0.05) is 6.07 Å². The molecule has 2 amide bonds. The van der Waals surface area contributed by atoms with E-state index in [0.717, 1.165) is 4.88 Å². The Labute approximate surface area is 118 Å². The smallest absolute Gasteiger partial charge is 0.268 e. The fraction of sp³-hybridized carbons (Fsp3) is 0. The zero-order chi connectivity index (χ0) is 14.4. The predicted molar refractivity (Wildman–Crippen MR) is 75.4 cm³/mol. The van der Waals surface area contributed by atoms with Crippen molar-refractivity contribution in [3.63, 3.8) is 0 Å². The fourth-order valence-corrected chi connectivity index (χ4v) is 2.00. The van der Waals surface area contributed by atoms with Crippen LogP contribution in [0.15, 0.2) is 47.9 Å². The largest absolute Gasteiger partial charge is 0.269 e. The van der Waals surface area contributed by atoms with Gasteiger partial charge in [0.15, 0.2) is 0 Å². The third-order valence-electron chi connectivity index (χ3n) is 2.35. The quantitative estimate of drug-likeness (QED) is 0.673. The molecule has 0 saturated carbocycles. The summed E-state index contributed by atoms with van der Waals surface area (Å²) < 4.78 is 12.7. The second-order valence-electron chi connectivity index (χ2n) is 3.80. The average molecular weight is 290 g/mol. The molecule has 1 aromatic heterocycles. The number of rotatable bonds is 3. The van der Waals surface area contributed by atoms with Gasteiger partial charge in [0.05, 0.1) is 0 Å². The van der Waals surface area contributed by atoms with Crippen LogP contribution in [0.25, 0.3) is 6.08 Å². The number of carbonyl (C=O) groups excluding carboxylic acids is 2. The predicted octanol–water partition coefficient (Wildman–Crippen LogP) is 2.36. The van der Waals surface area contributed by atoms with Gasteiger partial charge in [-0.3, -0.25) is 20.4 Å². The lowest BCUT2D eigenvalue weighted by Crippen LogP contribution is -2.40. The first kappa shape index (κ1) is 14.0. The zero-order valence-corrected chi connectivity index (χ0v) is 11.1. The van der Waals surface area contributed by atoms with E-state index in [2.05, 4.69) is 10.9 Å². The van der Waals surface area contributed by atoms with E-state index in [-0.39, 0.29) is 5.56 Å². The van der Waals surface area contributed by atoms with Crippen LogP contribution >= 0.6 is 11.3 Å². The molecule has 4 nitrogen and oxygen atoms in total. The molecule has 0 bridgehead atoms. The third kappa shape index (κ3) is 4.03. The Bertz CT molecular complexity index is 621. The summed E-state index contributed by atoms with van der Waals surface area (Å²) in [6, 6.07) is 8.75. The Morgan fingerprint density at radius 1 is 1.10 bits per heavy atom. The number of nitrogens with one attached hydrogen (secondary N) is 2. The number of benzene rings is 1. The van der Waals surface area contributed by atoms with Crippen LogP contribution in [0, 0.1) is 5.82 Å². The second-order valence-corrected chi connectivity index (χ2v) is 4.78. The lowest BCUT2D eigenvalue weighted by molar-refractivity contribution is -0.117. The molecule has 102 valence electrons. The van der Waals surface area contributed by atoms with Gasteiger partial charge in [0, 0.05) is 16.5 Å². The molecule has 6 heteroatoms. The topological polar surface area (TPSA) is 58.2 Å². The van der Waals surface area contributed by atoms with Crippen molar-refractivity contribution in [3.05, 3.63) is 64.1 Å². The van der Waals surface area contributed by atoms with Crippen LogP contribution in [0.5, 0.6) is 0 Å². The maximum atomic E-state index is 12.7. The minimum absolute atomic E-state index is 0.258. The Balaban J connectivity index is 1.84. The maximum Gasteiger partial charge on any atom is 0.269 e. The van der Waals surface area contributed by atoms with Crippen LogP contribution in [-0.2, 0) is 4.79 Å². The Morgan fingerprint density at radius 2 is 1.85 bits per heavy atom. The summed E-state index contributed by atoms with van der Waals surface area (Å²) in [5, 5.41) is 1.90. The molecule has 1 heterocycles. The summed E-state index contributed by atoms with van der Waals surface area (Å²) in [4.78, 5) is 24.0. The lowest BCUT2D eigenvalue weighted by Gasteiger charge is -2.04. The van der Waals surface area contributed by atoms with Gasteiger partial charge in [-0.25, -0.2) is 4.39 Å². The minimum atomic E-state index is -0.511. The number of hydrogen-bond donors (Lipinski definition) is 2. The van der Waals surface area contributed by atoms with Crippen LogP contribution in [0.3, 0.4) is 0 Å². The fourth-order valence-electron chi connectivity index (χ4n) is 1.38. The Kier molecular flexibility index (Phi) is 4.62. The van der Waals surface area contributed by atoms with Gasteiger partial charge in [-0.15, -0.1) is 11.3 Å². The highest BCUT2D eigenvalue weighted by atomic mass is 32.1. The molecule has 0 atom stereocenters. The first-order chi connectivity index (χ1) is 9.65. The number of halogens is 1. The van der Waals surface area contributed by atoms with E-state index < -0.39 is 17.6 Å². The van der Waals surface area contributed by atoms with Gasteiger partial charge in [0.1, 0.15) is 5.82 Å². The van der Waals surface area contributed by atoms with Crippen LogP contribution in [0.2, 0.25) is 0 Å². The molecule has 0 fully saturated rings. The van der Waals surface area contributed by atoms with E-state index in [4.69, 9.17) is 0 Å². The van der Waals surface area contributed by atoms with Crippen molar-refractivity contribution in [2.75, 3.05) is 0 Å². The molecular weight excluding hydrogens is 279 g/mol. The summed E-state index contributed by atoms with van der Waals surface area (Å²) in [5.41, 5.74) is 4.74. The van der Waals surface area contributed by atoms with Crippen LogP contribution in [0.4, 0.5) is 4.39 Å². The highest BCUT2D eigenvalue weighted by molar-refractivity contribution is 7.10. The van der Waals surface area contributed by atoms with Crippen molar-refractivity contribution in [2.45, 2.75) is 0 Å². The molecule has 2 rings (SSSR count). The average Bonchev–Trinajstić information content (AvgIpc) is 2.96. The van der Waals surface area contributed by atoms with Gasteiger partial charge in [0.2, 0.25) is 0 Å². The number of amides is 2. The first-order valence-electron chi connectivity index (χ1n) is 5.72. The third-order valence-corrected chi connectivity index (χ3v) is 3.19. The molecule has 0 aliphatic rings. The molecule has 1 aromatic carbocycles. The van der Waals surface area contributed by atoms with Gasteiger partial charge < -0.3 is 0 Å². The second kappa shape index (κ2) is 6.63. The van der Waals surface area contributed by atoms with E-state index in [1.54, 1.807) is 6.08 Å². The summed E-state index contributed by atoms with van der Waals surface area (Å²) in [6.07, 6.45) is 2.96. The van der Waals surface area contributed by atoms with Gasteiger partial charge in [0.25, 0.3) is 11.8 Å². The van der Waals surface area contributed by atoms with Crippen molar-refractivity contribution in [2.24, 2.45) is 0 Å². The molecule has 2 N–H and O–H groups in total. The van der Waals surface area contributed by atoms with Crippen LogP contribution in [-0.4, -0.2) is 11.8 Å². The van der Waals surface area contributed by atoms with Gasteiger partial charge in [-0.2, -0.15) is 0 Å². The molecule has 20 heavy (non-hydrogen) atoms. The highest BCUT2D eigenvalue weighted by Crippen LogP contribution is 2.09. The molecular formula is C14H11FN2O2S. The van der Waals surface area contributed by atoms with Crippen LogP contribution in [0.1, 0.15) is 15.2 Å². The summed E-state index contributed by atoms with van der Waals surface area (Å²) in [6.45, 7) is 0. The van der Waals surface area contributed by atoms with Crippen LogP contribution < -0.4 is 10.9 Å². The van der Waals surface area contributed by atoms with Crippen molar-refractivity contribution >= 4 is 29.2 Å². The van der Waals surface area contributed by atoms with Crippen molar-refractivity contribution in [3.8, 4) is 0 Å². The monoisotopic (exact) mass is 290 g/mol. The minimum Gasteiger partial charge on any atom is -0.268 e. The SMILES string of the molecule is O=C(/C=C/c1cccs1)NNC(=O)c1ccc(F)cc1. The lowest BCUT2D eigenvalue weighted by atomic mass is 10.2.